The van der Waals surface area contributed by atoms with Gasteiger partial charge in [-0.15, -0.1) is 0 Å². The maximum absolute atomic E-state index is 11.9. The zero-order valence-electron chi connectivity index (χ0n) is 10.4. The third-order valence-electron chi connectivity index (χ3n) is 2.62. The van der Waals surface area contributed by atoms with Crippen LogP contribution in [-0.2, 0) is 0 Å². The van der Waals surface area contributed by atoms with Gasteiger partial charge in [0.25, 0.3) is 0 Å². The average Bonchev–Trinajstić information content (AvgIpc) is 2.15. The van der Waals surface area contributed by atoms with Crippen molar-refractivity contribution in [3.8, 4) is 0 Å². The van der Waals surface area contributed by atoms with E-state index in [1.165, 1.54) is 19.3 Å². The van der Waals surface area contributed by atoms with E-state index in [0.717, 1.165) is 13.0 Å². The molecule has 1 N–H and O–H groups in total. The Balaban J connectivity index is 3.28. The monoisotopic (exact) mass is 239 g/mol. The minimum Gasteiger partial charge on any atom is -0.314 e. The van der Waals surface area contributed by atoms with Crippen molar-refractivity contribution in [1.29, 1.82) is 0 Å². The Hall–Kier alpha value is -0.250. The van der Waals surface area contributed by atoms with E-state index in [1.807, 2.05) is 6.92 Å². The van der Waals surface area contributed by atoms with Crippen LogP contribution in [0.3, 0.4) is 0 Å². The normalized spacial score (nSPS) is 14.1. The average molecular weight is 239 g/mol. The molecule has 0 amide bonds. The zero-order valence-corrected chi connectivity index (χ0v) is 10.4. The smallest absolute Gasteiger partial charge is 0.314 e. The van der Waals surface area contributed by atoms with Gasteiger partial charge in [-0.25, -0.2) is 0 Å². The Morgan fingerprint density at radius 1 is 1.06 bits per heavy atom. The van der Waals surface area contributed by atoms with Crippen LogP contribution in [0.25, 0.3) is 0 Å². The molecule has 0 radical (unpaired) electrons. The van der Waals surface area contributed by atoms with E-state index in [0.29, 0.717) is 6.42 Å². The summed E-state index contributed by atoms with van der Waals surface area (Å²) in [6.45, 7) is 5.04. The molecule has 0 rings (SSSR count). The summed E-state index contributed by atoms with van der Waals surface area (Å²) < 4.78 is 35.6. The van der Waals surface area contributed by atoms with Crippen LogP contribution in [0.5, 0.6) is 0 Å². The van der Waals surface area contributed by atoms with Gasteiger partial charge in [-0.05, 0) is 32.7 Å². The van der Waals surface area contributed by atoms with Crippen molar-refractivity contribution in [3.63, 3.8) is 0 Å². The van der Waals surface area contributed by atoms with Crippen molar-refractivity contribution >= 4 is 0 Å². The van der Waals surface area contributed by atoms with Crippen molar-refractivity contribution in [2.24, 2.45) is 0 Å². The fraction of sp³-hybridized carbons (Fsp3) is 1.00. The Bertz CT molecular complexity index is 157. The largest absolute Gasteiger partial charge is 0.389 e. The molecular formula is C12H24F3N. The van der Waals surface area contributed by atoms with E-state index >= 15 is 0 Å². The van der Waals surface area contributed by atoms with Gasteiger partial charge in [0.1, 0.15) is 0 Å². The topological polar surface area (TPSA) is 12.0 Å². The van der Waals surface area contributed by atoms with Crippen molar-refractivity contribution in [1.82, 2.24) is 5.32 Å². The molecule has 0 aliphatic heterocycles. The van der Waals surface area contributed by atoms with E-state index in [-0.39, 0.29) is 12.5 Å². The summed E-state index contributed by atoms with van der Waals surface area (Å²) >= 11 is 0. The summed E-state index contributed by atoms with van der Waals surface area (Å²) in [7, 11) is 0. The molecule has 4 heteroatoms. The van der Waals surface area contributed by atoms with Crippen LogP contribution in [0.4, 0.5) is 13.2 Å². The molecule has 0 aliphatic carbocycles. The van der Waals surface area contributed by atoms with Gasteiger partial charge in [-0.2, -0.15) is 13.2 Å². The summed E-state index contributed by atoms with van der Waals surface area (Å²) in [5, 5.41) is 3.26. The summed E-state index contributed by atoms with van der Waals surface area (Å²) in [6.07, 6.45) is 0.955. The molecule has 0 fully saturated rings. The lowest BCUT2D eigenvalue weighted by molar-refractivity contribution is -0.135. The lowest BCUT2D eigenvalue weighted by Gasteiger charge is -2.14. The minimum absolute atomic E-state index is 0.198. The van der Waals surface area contributed by atoms with Gasteiger partial charge in [0, 0.05) is 12.5 Å². The highest BCUT2D eigenvalue weighted by molar-refractivity contribution is 4.62. The molecule has 0 saturated heterocycles. The maximum atomic E-state index is 11.9. The van der Waals surface area contributed by atoms with Gasteiger partial charge in [-0.1, -0.05) is 26.2 Å². The summed E-state index contributed by atoms with van der Waals surface area (Å²) in [5.74, 6) is 0. The third kappa shape index (κ3) is 11.8. The number of hydrogen-bond donors (Lipinski definition) is 1. The van der Waals surface area contributed by atoms with Crippen molar-refractivity contribution in [3.05, 3.63) is 0 Å². The molecule has 0 aliphatic rings. The Morgan fingerprint density at radius 3 is 2.31 bits per heavy atom. The van der Waals surface area contributed by atoms with Crippen LogP contribution in [0, 0.1) is 0 Å². The fourth-order valence-electron chi connectivity index (χ4n) is 1.61. The molecule has 0 saturated carbocycles. The van der Waals surface area contributed by atoms with Gasteiger partial charge in [-0.3, -0.25) is 0 Å². The Kier molecular flexibility index (Phi) is 8.71. The Morgan fingerprint density at radius 2 is 1.75 bits per heavy atom. The molecule has 16 heavy (non-hydrogen) atoms. The molecule has 0 aromatic heterocycles. The summed E-state index contributed by atoms with van der Waals surface area (Å²) in [4.78, 5) is 0. The quantitative estimate of drug-likeness (QED) is 0.592. The van der Waals surface area contributed by atoms with Crippen molar-refractivity contribution < 1.29 is 13.2 Å². The van der Waals surface area contributed by atoms with E-state index < -0.39 is 12.6 Å². The SMILES string of the molecule is CCCCCCNC(C)CCCC(F)(F)F. The van der Waals surface area contributed by atoms with Crippen LogP contribution in [0.1, 0.15) is 58.8 Å². The predicted octanol–water partition coefficient (Wildman–Crippen LogP) is 4.28. The number of rotatable bonds is 9. The highest BCUT2D eigenvalue weighted by Crippen LogP contribution is 2.22. The van der Waals surface area contributed by atoms with Gasteiger partial charge < -0.3 is 5.32 Å². The van der Waals surface area contributed by atoms with Gasteiger partial charge in [0.05, 0.1) is 0 Å². The fourth-order valence-corrected chi connectivity index (χ4v) is 1.61. The molecule has 1 nitrogen and oxygen atoms in total. The highest BCUT2D eigenvalue weighted by Gasteiger charge is 2.26. The lowest BCUT2D eigenvalue weighted by Crippen LogP contribution is -2.27. The van der Waals surface area contributed by atoms with E-state index in [4.69, 9.17) is 0 Å². The predicted molar refractivity (Wildman–Crippen MR) is 61.5 cm³/mol. The first-order valence-electron chi connectivity index (χ1n) is 6.26. The summed E-state index contributed by atoms with van der Waals surface area (Å²) in [6, 6.07) is 0.198. The first-order valence-corrected chi connectivity index (χ1v) is 6.26. The number of nitrogens with one attached hydrogen (secondary N) is 1. The lowest BCUT2D eigenvalue weighted by atomic mass is 10.1. The third-order valence-corrected chi connectivity index (χ3v) is 2.62. The van der Waals surface area contributed by atoms with Crippen LogP contribution < -0.4 is 5.32 Å². The second-order valence-corrected chi connectivity index (χ2v) is 4.42. The molecule has 0 bridgehead atoms. The van der Waals surface area contributed by atoms with Gasteiger partial charge in [0.2, 0.25) is 0 Å². The number of hydrogen-bond acceptors (Lipinski definition) is 1. The molecule has 98 valence electrons. The molecule has 0 aromatic carbocycles. The molecular weight excluding hydrogens is 215 g/mol. The van der Waals surface area contributed by atoms with Crippen LogP contribution in [-0.4, -0.2) is 18.8 Å². The molecule has 1 unspecified atom stereocenters. The zero-order chi connectivity index (χ0) is 12.4. The van der Waals surface area contributed by atoms with Crippen LogP contribution in [0.2, 0.25) is 0 Å². The van der Waals surface area contributed by atoms with Crippen LogP contribution >= 0.6 is 0 Å². The summed E-state index contributed by atoms with van der Waals surface area (Å²) in [5.41, 5.74) is 0. The van der Waals surface area contributed by atoms with Gasteiger partial charge >= 0.3 is 6.18 Å². The number of unbranched alkanes of at least 4 members (excludes halogenated alkanes) is 3. The van der Waals surface area contributed by atoms with E-state index in [9.17, 15) is 13.2 Å². The van der Waals surface area contributed by atoms with Crippen molar-refractivity contribution in [2.45, 2.75) is 71.0 Å². The molecule has 0 spiro atoms. The van der Waals surface area contributed by atoms with Crippen molar-refractivity contribution in [2.75, 3.05) is 6.54 Å². The van der Waals surface area contributed by atoms with Crippen LogP contribution in [0.15, 0.2) is 0 Å². The molecule has 0 aromatic rings. The number of halogens is 3. The first-order chi connectivity index (χ1) is 7.45. The second-order valence-electron chi connectivity index (χ2n) is 4.42. The molecule has 0 heterocycles. The van der Waals surface area contributed by atoms with E-state index in [2.05, 4.69) is 12.2 Å². The van der Waals surface area contributed by atoms with Gasteiger partial charge in [0.15, 0.2) is 0 Å². The maximum Gasteiger partial charge on any atom is 0.389 e. The molecule has 1 atom stereocenters. The number of alkyl halides is 3. The first kappa shape index (κ1) is 15.8. The second kappa shape index (κ2) is 8.85. The standard InChI is InChI=1S/C12H24F3N/c1-3-4-5-6-10-16-11(2)8-7-9-12(13,14)15/h11,16H,3-10H2,1-2H3. The minimum atomic E-state index is -4.00. The van der Waals surface area contributed by atoms with E-state index in [1.54, 1.807) is 0 Å². The Labute approximate surface area is 96.8 Å². The highest BCUT2D eigenvalue weighted by atomic mass is 19.4.